The highest BCUT2D eigenvalue weighted by molar-refractivity contribution is 5.85. The van der Waals surface area contributed by atoms with E-state index in [9.17, 15) is 0 Å². The molecule has 0 radical (unpaired) electrons. The Kier molecular flexibility index (Phi) is 4.06. The van der Waals surface area contributed by atoms with Crippen LogP contribution in [0.4, 0.5) is 0 Å². The summed E-state index contributed by atoms with van der Waals surface area (Å²) in [5.41, 5.74) is 2.48. The molecule has 0 unspecified atom stereocenters. The fourth-order valence-electron chi connectivity index (χ4n) is 3.23. The molecule has 4 rings (SSSR count). The van der Waals surface area contributed by atoms with Gasteiger partial charge in [-0.25, -0.2) is 0 Å². The number of pyridine rings is 1. The van der Waals surface area contributed by atoms with Crippen molar-refractivity contribution in [3.05, 3.63) is 84.6 Å². The maximum absolute atomic E-state index is 5.53. The van der Waals surface area contributed by atoms with Gasteiger partial charge in [-0.15, -0.1) is 6.42 Å². The summed E-state index contributed by atoms with van der Waals surface area (Å²) in [4.78, 5) is 0. The number of benzene rings is 3. The molecule has 0 saturated carbocycles. The van der Waals surface area contributed by atoms with Crippen LogP contribution >= 0.6 is 0 Å². The number of aromatic nitrogens is 1. The predicted molar refractivity (Wildman–Crippen MR) is 102 cm³/mol. The van der Waals surface area contributed by atoms with Crippen LogP contribution in [0.1, 0.15) is 5.56 Å². The van der Waals surface area contributed by atoms with Crippen LogP contribution in [0, 0.1) is 12.3 Å². The molecule has 0 fully saturated rings. The van der Waals surface area contributed by atoms with Crippen molar-refractivity contribution < 1.29 is 9.30 Å². The first-order valence-electron chi connectivity index (χ1n) is 8.30. The standard InChI is InChI=1S/C23H18NO/c1-2-15-25-21-12-13-23-19(16-21)10-6-14-24(23)17-20-9-5-8-18-7-3-4-11-22(18)20/h1,3-14,16H,15,17H2/q+1. The molecule has 0 aliphatic rings. The van der Waals surface area contributed by atoms with Gasteiger partial charge in [-0.3, -0.25) is 0 Å². The van der Waals surface area contributed by atoms with Crippen LogP contribution in [0.3, 0.4) is 0 Å². The summed E-state index contributed by atoms with van der Waals surface area (Å²) in [6, 6.07) is 25.2. The number of nitrogens with zero attached hydrogens (tertiary/aromatic N) is 1. The van der Waals surface area contributed by atoms with Gasteiger partial charge in [-0.1, -0.05) is 48.4 Å². The summed E-state index contributed by atoms with van der Waals surface area (Å²) in [5.74, 6) is 3.30. The molecule has 3 aromatic carbocycles. The Morgan fingerprint density at radius 2 is 1.72 bits per heavy atom. The summed E-state index contributed by atoms with van der Waals surface area (Å²) < 4.78 is 7.80. The van der Waals surface area contributed by atoms with Crippen LogP contribution in [0.2, 0.25) is 0 Å². The predicted octanol–water partition coefficient (Wildman–Crippen LogP) is 4.34. The number of hydrogen-bond acceptors (Lipinski definition) is 1. The Bertz CT molecular complexity index is 1090. The number of fused-ring (bicyclic) bond motifs is 2. The van der Waals surface area contributed by atoms with E-state index in [1.807, 2.05) is 12.1 Å². The first-order chi connectivity index (χ1) is 12.3. The van der Waals surface area contributed by atoms with E-state index in [2.05, 4.69) is 77.3 Å². The number of ether oxygens (including phenoxy) is 1. The van der Waals surface area contributed by atoms with Gasteiger partial charge in [0.25, 0.3) is 0 Å². The molecular formula is C23H18NO+. The minimum Gasteiger partial charge on any atom is -0.481 e. The monoisotopic (exact) mass is 324 g/mol. The van der Waals surface area contributed by atoms with Gasteiger partial charge in [0.15, 0.2) is 12.7 Å². The van der Waals surface area contributed by atoms with Crippen molar-refractivity contribution in [2.45, 2.75) is 6.54 Å². The summed E-state index contributed by atoms with van der Waals surface area (Å²) in [5, 5.41) is 3.70. The molecule has 0 aliphatic carbocycles. The first-order valence-corrected chi connectivity index (χ1v) is 8.30. The summed E-state index contributed by atoms with van der Waals surface area (Å²) >= 11 is 0. The van der Waals surface area contributed by atoms with Crippen molar-refractivity contribution in [3.63, 3.8) is 0 Å². The van der Waals surface area contributed by atoms with E-state index in [-0.39, 0.29) is 6.61 Å². The van der Waals surface area contributed by atoms with Gasteiger partial charge in [0, 0.05) is 17.7 Å². The van der Waals surface area contributed by atoms with Crippen molar-refractivity contribution >= 4 is 21.7 Å². The second-order valence-electron chi connectivity index (χ2n) is 5.99. The van der Waals surface area contributed by atoms with Crippen LogP contribution in [0.25, 0.3) is 21.7 Å². The summed E-state index contributed by atoms with van der Waals surface area (Å²) in [7, 11) is 0. The average Bonchev–Trinajstić information content (AvgIpc) is 2.67. The molecular weight excluding hydrogens is 306 g/mol. The van der Waals surface area contributed by atoms with Gasteiger partial charge in [0.2, 0.25) is 5.52 Å². The molecule has 120 valence electrons. The third-order valence-electron chi connectivity index (χ3n) is 4.39. The van der Waals surface area contributed by atoms with E-state index >= 15 is 0 Å². The lowest BCUT2D eigenvalue weighted by Gasteiger charge is -2.07. The highest BCUT2D eigenvalue weighted by Gasteiger charge is 2.12. The molecule has 0 atom stereocenters. The van der Waals surface area contributed by atoms with Gasteiger partial charge >= 0.3 is 0 Å². The average molecular weight is 324 g/mol. The van der Waals surface area contributed by atoms with Crippen molar-refractivity contribution in [2.24, 2.45) is 0 Å². The van der Waals surface area contributed by atoms with E-state index < -0.39 is 0 Å². The highest BCUT2D eigenvalue weighted by Crippen LogP contribution is 2.21. The smallest absolute Gasteiger partial charge is 0.213 e. The zero-order chi connectivity index (χ0) is 17.1. The Morgan fingerprint density at radius 1 is 0.880 bits per heavy atom. The maximum atomic E-state index is 5.53. The van der Waals surface area contributed by atoms with E-state index in [1.165, 1.54) is 21.9 Å². The summed E-state index contributed by atoms with van der Waals surface area (Å²) in [6.07, 6.45) is 7.38. The molecule has 0 amide bonds. The zero-order valence-corrected chi connectivity index (χ0v) is 13.9. The van der Waals surface area contributed by atoms with Gasteiger partial charge in [0.05, 0.1) is 5.39 Å². The van der Waals surface area contributed by atoms with Crippen molar-refractivity contribution in [3.8, 4) is 18.1 Å². The number of hydrogen-bond donors (Lipinski definition) is 0. The van der Waals surface area contributed by atoms with Crippen molar-refractivity contribution in [1.82, 2.24) is 0 Å². The Balaban J connectivity index is 1.75. The van der Waals surface area contributed by atoms with Crippen LogP contribution in [0.5, 0.6) is 5.75 Å². The normalized spacial score (nSPS) is 10.7. The quantitative estimate of drug-likeness (QED) is 0.402. The second kappa shape index (κ2) is 6.67. The van der Waals surface area contributed by atoms with Crippen LogP contribution in [-0.4, -0.2) is 6.61 Å². The highest BCUT2D eigenvalue weighted by atomic mass is 16.5. The maximum Gasteiger partial charge on any atom is 0.213 e. The number of terminal acetylenes is 1. The first kappa shape index (κ1) is 15.2. The van der Waals surface area contributed by atoms with Crippen LogP contribution in [-0.2, 0) is 6.54 Å². The van der Waals surface area contributed by atoms with Gasteiger partial charge in [-0.2, -0.15) is 4.57 Å². The lowest BCUT2D eigenvalue weighted by atomic mass is 10.0. The van der Waals surface area contributed by atoms with E-state index in [1.54, 1.807) is 0 Å². The topological polar surface area (TPSA) is 13.1 Å². The second-order valence-corrected chi connectivity index (χ2v) is 5.99. The van der Waals surface area contributed by atoms with Gasteiger partial charge in [-0.05, 0) is 29.0 Å². The molecule has 0 N–H and O–H groups in total. The van der Waals surface area contributed by atoms with E-state index in [0.29, 0.717) is 0 Å². The molecule has 2 heteroatoms. The number of rotatable bonds is 4. The zero-order valence-electron chi connectivity index (χ0n) is 13.9. The lowest BCUT2D eigenvalue weighted by molar-refractivity contribution is -0.662. The van der Waals surface area contributed by atoms with Gasteiger partial charge in [0.1, 0.15) is 12.4 Å². The summed E-state index contributed by atoms with van der Waals surface area (Å²) in [6.45, 7) is 1.11. The molecule has 1 heterocycles. The Labute approximate surface area is 147 Å². The fourth-order valence-corrected chi connectivity index (χ4v) is 3.23. The molecule has 25 heavy (non-hydrogen) atoms. The van der Waals surface area contributed by atoms with Crippen LogP contribution in [0.15, 0.2) is 79.0 Å². The molecule has 0 saturated heterocycles. The molecule has 0 aliphatic heterocycles. The minimum absolute atomic E-state index is 0.286. The fraction of sp³-hybridized carbons (Fsp3) is 0.0870. The molecule has 0 bridgehead atoms. The minimum atomic E-state index is 0.286. The Hall–Kier alpha value is -3.31. The van der Waals surface area contributed by atoms with Gasteiger partial charge < -0.3 is 4.74 Å². The molecule has 4 aromatic rings. The third kappa shape index (κ3) is 3.05. The largest absolute Gasteiger partial charge is 0.481 e. The van der Waals surface area contributed by atoms with E-state index in [4.69, 9.17) is 11.2 Å². The third-order valence-corrected chi connectivity index (χ3v) is 4.39. The molecule has 0 spiro atoms. The SMILES string of the molecule is C#CCOc1ccc2c(ccc[n+]2Cc2cccc3ccccc23)c1. The van der Waals surface area contributed by atoms with E-state index in [0.717, 1.165) is 17.7 Å². The molecule has 2 nitrogen and oxygen atoms in total. The van der Waals surface area contributed by atoms with Crippen molar-refractivity contribution in [2.75, 3.05) is 6.61 Å². The Morgan fingerprint density at radius 3 is 2.64 bits per heavy atom. The molecule has 1 aromatic heterocycles. The van der Waals surface area contributed by atoms with Crippen molar-refractivity contribution in [1.29, 1.82) is 0 Å². The van der Waals surface area contributed by atoms with Crippen LogP contribution < -0.4 is 9.30 Å². The lowest BCUT2D eigenvalue weighted by Crippen LogP contribution is -2.34.